The summed E-state index contributed by atoms with van der Waals surface area (Å²) in [6.07, 6.45) is 5.55. The molecule has 4 N–H and O–H groups in total. The SMILES string of the molecule is CCCCCCCC(=O)Nc1nc2[nH]c(CN(C)c3ccc(C(=O)N[C@@H](CCC(=O)OCC)C(=O)OCC)cc3)cc2c(=O)[nH]1. The molecule has 1 aromatic carbocycles. The maximum Gasteiger partial charge on any atom is 0.328 e. The first-order chi connectivity index (χ1) is 21.6. The van der Waals surface area contributed by atoms with Gasteiger partial charge < -0.3 is 24.7 Å². The lowest BCUT2D eigenvalue weighted by Crippen LogP contribution is -2.42. The number of esters is 2. The molecule has 0 unspecified atom stereocenters. The van der Waals surface area contributed by atoms with Gasteiger partial charge in [-0.3, -0.25) is 29.5 Å². The monoisotopic (exact) mass is 624 g/mol. The first-order valence-corrected chi connectivity index (χ1v) is 15.5. The smallest absolute Gasteiger partial charge is 0.328 e. The number of carbonyl (C=O) groups is 4. The van der Waals surface area contributed by atoms with E-state index in [4.69, 9.17) is 9.47 Å². The molecule has 0 aliphatic heterocycles. The van der Waals surface area contributed by atoms with Gasteiger partial charge in [0, 0.05) is 36.8 Å². The molecule has 0 bridgehead atoms. The molecule has 0 spiro atoms. The van der Waals surface area contributed by atoms with Crippen molar-refractivity contribution in [3.8, 4) is 0 Å². The van der Waals surface area contributed by atoms with E-state index < -0.39 is 23.9 Å². The third-order valence-corrected chi connectivity index (χ3v) is 7.11. The van der Waals surface area contributed by atoms with Gasteiger partial charge in [0.2, 0.25) is 11.9 Å². The molecule has 244 valence electrons. The topological polar surface area (TPSA) is 176 Å². The molecule has 3 rings (SSSR count). The summed E-state index contributed by atoms with van der Waals surface area (Å²) < 4.78 is 9.97. The van der Waals surface area contributed by atoms with Gasteiger partial charge in [-0.15, -0.1) is 0 Å². The Bertz CT molecular complexity index is 1500. The highest BCUT2D eigenvalue weighted by Crippen LogP contribution is 2.19. The molecule has 13 heteroatoms. The number of aromatic nitrogens is 3. The number of hydrogen-bond donors (Lipinski definition) is 4. The normalized spacial score (nSPS) is 11.6. The van der Waals surface area contributed by atoms with Gasteiger partial charge in [0.05, 0.1) is 25.1 Å². The van der Waals surface area contributed by atoms with Crippen molar-refractivity contribution in [2.24, 2.45) is 0 Å². The van der Waals surface area contributed by atoms with E-state index in [1.54, 1.807) is 44.2 Å². The van der Waals surface area contributed by atoms with Gasteiger partial charge in [0.1, 0.15) is 11.7 Å². The Morgan fingerprint density at radius 2 is 1.64 bits per heavy atom. The van der Waals surface area contributed by atoms with E-state index in [0.717, 1.165) is 43.5 Å². The number of hydrogen-bond acceptors (Lipinski definition) is 9. The van der Waals surface area contributed by atoms with Crippen LogP contribution >= 0.6 is 0 Å². The second-order valence-corrected chi connectivity index (χ2v) is 10.7. The van der Waals surface area contributed by atoms with Crippen LogP contribution in [0.3, 0.4) is 0 Å². The number of benzene rings is 1. The van der Waals surface area contributed by atoms with Crippen LogP contribution in [0.1, 0.15) is 88.2 Å². The molecule has 0 radical (unpaired) electrons. The molecule has 0 saturated heterocycles. The zero-order valence-electron chi connectivity index (χ0n) is 26.5. The van der Waals surface area contributed by atoms with Crippen LogP contribution in [0.2, 0.25) is 0 Å². The number of amides is 2. The number of fused-ring (bicyclic) bond motifs is 1. The predicted octanol–water partition coefficient (Wildman–Crippen LogP) is 4.19. The maximum absolute atomic E-state index is 12.9. The summed E-state index contributed by atoms with van der Waals surface area (Å²) in [4.78, 5) is 74.1. The Morgan fingerprint density at radius 3 is 2.33 bits per heavy atom. The fourth-order valence-corrected chi connectivity index (χ4v) is 4.74. The van der Waals surface area contributed by atoms with Crippen molar-refractivity contribution in [2.45, 2.75) is 84.7 Å². The van der Waals surface area contributed by atoms with Crippen molar-refractivity contribution >= 4 is 46.4 Å². The first kappa shape index (κ1) is 34.8. The Morgan fingerprint density at radius 1 is 0.933 bits per heavy atom. The Labute approximate surface area is 262 Å². The zero-order chi connectivity index (χ0) is 32.8. The molecule has 2 heterocycles. The molecular formula is C32H44N6O7. The molecule has 0 fully saturated rings. The van der Waals surface area contributed by atoms with Crippen molar-refractivity contribution in [3.05, 3.63) is 51.9 Å². The van der Waals surface area contributed by atoms with Crippen molar-refractivity contribution in [1.82, 2.24) is 20.3 Å². The summed E-state index contributed by atoms with van der Waals surface area (Å²) in [6, 6.07) is 7.50. The number of H-pyrrole nitrogens is 2. The van der Waals surface area contributed by atoms with Gasteiger partial charge >= 0.3 is 11.9 Å². The van der Waals surface area contributed by atoms with E-state index in [2.05, 4.69) is 32.5 Å². The van der Waals surface area contributed by atoms with Crippen LogP contribution in [0.5, 0.6) is 0 Å². The highest BCUT2D eigenvalue weighted by atomic mass is 16.5. The number of unbranched alkanes of at least 4 members (excludes halogenated alkanes) is 4. The van der Waals surface area contributed by atoms with Gasteiger partial charge in [0.15, 0.2) is 0 Å². The van der Waals surface area contributed by atoms with Gasteiger partial charge in [-0.05, 0) is 57.0 Å². The lowest BCUT2D eigenvalue weighted by molar-refractivity contribution is -0.146. The highest BCUT2D eigenvalue weighted by molar-refractivity contribution is 5.97. The van der Waals surface area contributed by atoms with Crippen LogP contribution in [0, 0.1) is 0 Å². The maximum atomic E-state index is 12.9. The van der Waals surface area contributed by atoms with Gasteiger partial charge in [-0.25, -0.2) is 4.79 Å². The largest absolute Gasteiger partial charge is 0.466 e. The highest BCUT2D eigenvalue weighted by Gasteiger charge is 2.24. The second-order valence-electron chi connectivity index (χ2n) is 10.7. The molecule has 3 aromatic rings. The number of anilines is 2. The Kier molecular flexibility index (Phi) is 13.6. The van der Waals surface area contributed by atoms with Crippen molar-refractivity contribution in [1.29, 1.82) is 0 Å². The van der Waals surface area contributed by atoms with Crippen LogP contribution in [-0.4, -0.2) is 65.0 Å². The van der Waals surface area contributed by atoms with Gasteiger partial charge in [-0.2, -0.15) is 4.98 Å². The number of nitrogens with zero attached hydrogens (tertiary/aromatic N) is 2. The quantitative estimate of drug-likeness (QED) is 0.119. The third kappa shape index (κ3) is 10.8. The summed E-state index contributed by atoms with van der Waals surface area (Å²) in [5.74, 6) is -1.64. The van der Waals surface area contributed by atoms with Crippen molar-refractivity contribution in [2.75, 3.05) is 30.5 Å². The average molecular weight is 625 g/mol. The standard InChI is InChI=1S/C32H44N6O7/c1-5-8-9-10-11-12-26(39)35-32-36-28-24(30(42)37-32)19-22(33-28)20-38(4)23-15-13-21(14-16-23)29(41)34-25(31(43)45-7-3)17-18-27(40)44-6-2/h13-16,19,25H,5-12,17-18,20H2,1-4H3,(H,34,41)(H3,33,35,36,37,39,42)/t25-/m0/s1. The lowest BCUT2D eigenvalue weighted by atomic mass is 10.1. The van der Waals surface area contributed by atoms with E-state index in [1.807, 2.05) is 11.9 Å². The minimum atomic E-state index is -0.993. The van der Waals surface area contributed by atoms with Crippen molar-refractivity contribution < 1.29 is 28.7 Å². The number of carbonyl (C=O) groups excluding carboxylic acids is 4. The fourth-order valence-electron chi connectivity index (χ4n) is 4.74. The molecule has 0 aliphatic carbocycles. The summed E-state index contributed by atoms with van der Waals surface area (Å²) in [6.45, 7) is 6.27. The number of ether oxygens (including phenoxy) is 2. The minimum absolute atomic E-state index is 0.0361. The van der Waals surface area contributed by atoms with Gasteiger partial charge in [0.25, 0.3) is 11.5 Å². The van der Waals surface area contributed by atoms with Crippen LogP contribution in [0.15, 0.2) is 35.1 Å². The van der Waals surface area contributed by atoms with E-state index in [9.17, 15) is 24.0 Å². The minimum Gasteiger partial charge on any atom is -0.466 e. The molecular weight excluding hydrogens is 580 g/mol. The number of aromatic amines is 2. The zero-order valence-corrected chi connectivity index (χ0v) is 26.5. The van der Waals surface area contributed by atoms with E-state index >= 15 is 0 Å². The third-order valence-electron chi connectivity index (χ3n) is 7.11. The number of nitrogens with one attached hydrogen (secondary N) is 4. The summed E-state index contributed by atoms with van der Waals surface area (Å²) in [7, 11) is 1.86. The van der Waals surface area contributed by atoms with Crippen LogP contribution < -0.4 is 21.1 Å². The van der Waals surface area contributed by atoms with E-state index in [0.29, 0.717) is 29.6 Å². The van der Waals surface area contributed by atoms with Gasteiger partial charge in [-0.1, -0.05) is 32.6 Å². The fraction of sp³-hybridized carbons (Fsp3) is 0.500. The second kappa shape index (κ2) is 17.6. The Balaban J connectivity index is 1.61. The molecule has 0 aliphatic rings. The number of rotatable bonds is 18. The molecule has 0 saturated carbocycles. The lowest BCUT2D eigenvalue weighted by Gasteiger charge is -2.19. The van der Waals surface area contributed by atoms with Crippen LogP contribution in [0.4, 0.5) is 11.6 Å². The average Bonchev–Trinajstić information content (AvgIpc) is 3.42. The van der Waals surface area contributed by atoms with Crippen molar-refractivity contribution in [3.63, 3.8) is 0 Å². The summed E-state index contributed by atoms with van der Waals surface area (Å²) in [5.41, 5.74) is 1.86. The molecule has 1 atom stereocenters. The summed E-state index contributed by atoms with van der Waals surface area (Å²) >= 11 is 0. The first-order valence-electron chi connectivity index (χ1n) is 15.5. The summed E-state index contributed by atoms with van der Waals surface area (Å²) in [5, 5.41) is 5.71. The van der Waals surface area contributed by atoms with E-state index in [1.165, 1.54) is 0 Å². The molecule has 13 nitrogen and oxygen atoms in total. The Hall–Kier alpha value is -4.68. The molecule has 2 aromatic heterocycles. The molecule has 45 heavy (non-hydrogen) atoms. The van der Waals surface area contributed by atoms with E-state index in [-0.39, 0.29) is 43.5 Å². The molecule has 2 amide bonds. The van der Waals surface area contributed by atoms with Crippen LogP contribution in [0.25, 0.3) is 11.0 Å². The van der Waals surface area contributed by atoms with Crippen LogP contribution in [-0.2, 0) is 30.4 Å². The predicted molar refractivity (Wildman–Crippen MR) is 171 cm³/mol.